The first-order chi connectivity index (χ1) is 9.69. The van der Waals surface area contributed by atoms with Gasteiger partial charge >= 0.3 is 0 Å². The number of nitrogens with zero attached hydrogens (tertiary/aromatic N) is 1. The number of hydrogen-bond donors (Lipinski definition) is 0. The molecule has 0 aliphatic heterocycles. The molecule has 2 rings (SSSR count). The number of benzene rings is 2. The van der Waals surface area contributed by atoms with Crippen LogP contribution in [0.4, 0.5) is 4.39 Å². The number of amides is 1. The minimum Gasteiger partial charge on any atom is -0.331 e. The molecule has 102 valence electrons. The van der Waals surface area contributed by atoms with Crippen molar-refractivity contribution in [3.8, 4) is 0 Å². The zero-order chi connectivity index (χ0) is 14.4. The summed E-state index contributed by atoms with van der Waals surface area (Å²) < 4.78 is 12.9. The fraction of sp³-hybridized carbons (Fsp3) is 0.118. The molecular weight excluding hydrogens is 253 g/mol. The van der Waals surface area contributed by atoms with Gasteiger partial charge in [0.15, 0.2) is 0 Å². The summed E-state index contributed by atoms with van der Waals surface area (Å²) in [7, 11) is 0. The molecule has 0 N–H and O–H groups in total. The van der Waals surface area contributed by atoms with Gasteiger partial charge in [0.2, 0.25) is 5.91 Å². The van der Waals surface area contributed by atoms with E-state index >= 15 is 0 Å². The second-order valence-electron chi connectivity index (χ2n) is 4.51. The average Bonchev–Trinajstić information content (AvgIpc) is 2.49. The lowest BCUT2D eigenvalue weighted by Crippen LogP contribution is -2.28. The topological polar surface area (TPSA) is 20.3 Å². The van der Waals surface area contributed by atoms with E-state index in [1.807, 2.05) is 30.3 Å². The largest absolute Gasteiger partial charge is 0.331 e. The summed E-state index contributed by atoms with van der Waals surface area (Å²) in [6.45, 7) is 4.46. The second kappa shape index (κ2) is 6.66. The van der Waals surface area contributed by atoms with Crippen molar-refractivity contribution < 1.29 is 9.18 Å². The molecule has 0 saturated heterocycles. The molecule has 0 aliphatic rings. The Balaban J connectivity index is 2.13. The van der Waals surface area contributed by atoms with Crippen molar-refractivity contribution in [2.75, 3.05) is 0 Å². The molecule has 0 aromatic heterocycles. The average molecular weight is 269 g/mol. The number of rotatable bonds is 5. The molecule has 0 spiro atoms. The first-order valence-electron chi connectivity index (χ1n) is 6.39. The van der Waals surface area contributed by atoms with E-state index < -0.39 is 0 Å². The molecule has 0 fully saturated rings. The lowest BCUT2D eigenvalue weighted by molar-refractivity contribution is -0.127. The highest BCUT2D eigenvalue weighted by molar-refractivity contribution is 5.86. The quantitative estimate of drug-likeness (QED) is 0.760. The van der Waals surface area contributed by atoms with Crippen LogP contribution in [0.15, 0.2) is 67.3 Å². The van der Waals surface area contributed by atoms with Gasteiger partial charge in [-0.15, -0.1) is 0 Å². The predicted octanol–water partition coefficient (Wildman–Crippen LogP) is 3.54. The Morgan fingerprint density at radius 3 is 2.10 bits per heavy atom. The Morgan fingerprint density at radius 2 is 1.55 bits per heavy atom. The Kier molecular flexibility index (Phi) is 4.66. The molecule has 0 heterocycles. The van der Waals surface area contributed by atoms with E-state index in [4.69, 9.17) is 0 Å². The van der Waals surface area contributed by atoms with Crippen LogP contribution in [0.25, 0.3) is 0 Å². The van der Waals surface area contributed by atoms with E-state index in [0.29, 0.717) is 13.1 Å². The summed E-state index contributed by atoms with van der Waals surface area (Å²) in [5, 5.41) is 0. The van der Waals surface area contributed by atoms with Gasteiger partial charge in [-0.25, -0.2) is 4.39 Å². The monoisotopic (exact) mass is 269 g/mol. The molecule has 2 nitrogen and oxygen atoms in total. The molecule has 0 unspecified atom stereocenters. The smallest absolute Gasteiger partial charge is 0.246 e. The number of hydrogen-bond acceptors (Lipinski definition) is 1. The van der Waals surface area contributed by atoms with Crippen LogP contribution < -0.4 is 0 Å². The van der Waals surface area contributed by atoms with Gasteiger partial charge in [-0.2, -0.15) is 0 Å². The summed E-state index contributed by atoms with van der Waals surface area (Å²) in [6.07, 6.45) is 1.30. The summed E-state index contributed by atoms with van der Waals surface area (Å²) in [5.41, 5.74) is 1.93. The molecule has 0 bridgehead atoms. The molecule has 0 atom stereocenters. The van der Waals surface area contributed by atoms with Gasteiger partial charge in [0.1, 0.15) is 5.82 Å². The zero-order valence-corrected chi connectivity index (χ0v) is 11.1. The summed E-state index contributed by atoms with van der Waals surface area (Å²) in [6, 6.07) is 15.9. The van der Waals surface area contributed by atoms with E-state index in [1.54, 1.807) is 17.0 Å². The van der Waals surface area contributed by atoms with Crippen molar-refractivity contribution in [2.24, 2.45) is 0 Å². The van der Waals surface area contributed by atoms with Gasteiger partial charge in [-0.3, -0.25) is 4.79 Å². The molecule has 0 saturated carbocycles. The molecule has 3 heteroatoms. The molecule has 2 aromatic rings. The van der Waals surface area contributed by atoms with Crippen LogP contribution in [0.3, 0.4) is 0 Å². The lowest BCUT2D eigenvalue weighted by atomic mass is 10.1. The molecule has 0 radical (unpaired) electrons. The van der Waals surface area contributed by atoms with E-state index in [0.717, 1.165) is 11.1 Å². The summed E-state index contributed by atoms with van der Waals surface area (Å²) in [5.74, 6) is -0.420. The lowest BCUT2D eigenvalue weighted by Gasteiger charge is -2.21. The van der Waals surface area contributed by atoms with Crippen LogP contribution in [-0.4, -0.2) is 10.8 Å². The third kappa shape index (κ3) is 3.79. The maximum Gasteiger partial charge on any atom is 0.246 e. The third-order valence-corrected chi connectivity index (χ3v) is 2.99. The maximum atomic E-state index is 12.9. The van der Waals surface area contributed by atoms with E-state index in [1.165, 1.54) is 18.2 Å². The molecular formula is C17H16FNO. The highest BCUT2D eigenvalue weighted by Gasteiger charge is 2.11. The highest BCUT2D eigenvalue weighted by Crippen LogP contribution is 2.11. The summed E-state index contributed by atoms with van der Waals surface area (Å²) in [4.78, 5) is 13.6. The fourth-order valence-corrected chi connectivity index (χ4v) is 1.95. The molecule has 1 amide bonds. The van der Waals surface area contributed by atoms with Crippen LogP contribution in [0, 0.1) is 5.82 Å². The maximum absolute atomic E-state index is 12.9. The number of carbonyl (C=O) groups is 1. The van der Waals surface area contributed by atoms with E-state index in [2.05, 4.69) is 6.58 Å². The predicted molar refractivity (Wildman–Crippen MR) is 77.3 cm³/mol. The second-order valence-corrected chi connectivity index (χ2v) is 4.51. The Labute approximate surface area is 118 Å². The van der Waals surface area contributed by atoms with E-state index in [9.17, 15) is 9.18 Å². The molecule has 2 aromatic carbocycles. The first-order valence-corrected chi connectivity index (χ1v) is 6.39. The highest BCUT2D eigenvalue weighted by atomic mass is 19.1. The molecule has 20 heavy (non-hydrogen) atoms. The van der Waals surface area contributed by atoms with Gasteiger partial charge in [0.25, 0.3) is 0 Å². The van der Waals surface area contributed by atoms with Gasteiger partial charge in [-0.05, 0) is 29.3 Å². The van der Waals surface area contributed by atoms with Gasteiger partial charge in [0.05, 0.1) is 0 Å². The van der Waals surface area contributed by atoms with Crippen molar-refractivity contribution in [2.45, 2.75) is 13.1 Å². The number of carbonyl (C=O) groups excluding carboxylic acids is 1. The Morgan fingerprint density at radius 1 is 1.00 bits per heavy atom. The minimum atomic E-state index is -0.279. The fourth-order valence-electron chi connectivity index (χ4n) is 1.95. The number of halogens is 1. The van der Waals surface area contributed by atoms with Crippen molar-refractivity contribution in [3.05, 3.63) is 84.2 Å². The van der Waals surface area contributed by atoms with Crippen LogP contribution in [0.2, 0.25) is 0 Å². The van der Waals surface area contributed by atoms with Crippen molar-refractivity contribution in [1.29, 1.82) is 0 Å². The SMILES string of the molecule is C=CC(=O)N(Cc1ccccc1)Cc1ccc(F)cc1. The summed E-state index contributed by atoms with van der Waals surface area (Å²) >= 11 is 0. The van der Waals surface area contributed by atoms with Crippen molar-refractivity contribution >= 4 is 5.91 Å². The van der Waals surface area contributed by atoms with Crippen molar-refractivity contribution in [1.82, 2.24) is 4.90 Å². The van der Waals surface area contributed by atoms with Crippen LogP contribution in [0.5, 0.6) is 0 Å². The molecule has 0 aliphatic carbocycles. The van der Waals surface area contributed by atoms with Gasteiger partial charge < -0.3 is 4.90 Å². The van der Waals surface area contributed by atoms with Crippen LogP contribution in [-0.2, 0) is 17.9 Å². The van der Waals surface area contributed by atoms with E-state index in [-0.39, 0.29) is 11.7 Å². The van der Waals surface area contributed by atoms with Gasteiger partial charge in [-0.1, -0.05) is 49.0 Å². The zero-order valence-electron chi connectivity index (χ0n) is 11.1. The van der Waals surface area contributed by atoms with Crippen LogP contribution >= 0.6 is 0 Å². The van der Waals surface area contributed by atoms with Crippen molar-refractivity contribution in [3.63, 3.8) is 0 Å². The Bertz CT molecular complexity index is 578. The van der Waals surface area contributed by atoms with Crippen LogP contribution in [0.1, 0.15) is 11.1 Å². The normalized spacial score (nSPS) is 10.1. The third-order valence-electron chi connectivity index (χ3n) is 2.99. The first kappa shape index (κ1) is 14.0. The van der Waals surface area contributed by atoms with Gasteiger partial charge in [0, 0.05) is 13.1 Å². The standard InChI is InChI=1S/C17H16FNO/c1-2-17(20)19(12-14-6-4-3-5-7-14)13-15-8-10-16(18)11-9-15/h2-11H,1,12-13H2. The Hall–Kier alpha value is -2.42. The minimum absolute atomic E-state index is 0.141.